The molecule has 1 aliphatic heterocycles. The van der Waals surface area contributed by atoms with Crippen molar-refractivity contribution in [2.75, 3.05) is 6.54 Å². The first kappa shape index (κ1) is 20.3. The molecule has 0 amide bonds. The van der Waals surface area contributed by atoms with E-state index < -0.39 is 17.6 Å². The lowest BCUT2D eigenvalue weighted by atomic mass is 10.0. The molecule has 0 radical (unpaired) electrons. The first-order valence-corrected chi connectivity index (χ1v) is 9.48. The van der Waals surface area contributed by atoms with Crippen LogP contribution >= 0.6 is 0 Å². The van der Waals surface area contributed by atoms with Crippen LogP contribution < -0.4 is 5.56 Å². The van der Waals surface area contributed by atoms with Crippen LogP contribution in [0.15, 0.2) is 47.3 Å². The normalized spacial score (nSPS) is 14.6. The van der Waals surface area contributed by atoms with Crippen LogP contribution in [0.5, 0.6) is 0 Å². The number of alkyl halides is 3. The smallest absolute Gasteiger partial charge is 0.306 e. The average Bonchev–Trinajstić information content (AvgIpc) is 2.69. The largest absolute Gasteiger partial charge is 0.416 e. The van der Waals surface area contributed by atoms with Gasteiger partial charge < -0.3 is 4.98 Å². The number of aromatic amines is 1. The van der Waals surface area contributed by atoms with Crippen LogP contribution in [0.3, 0.4) is 0 Å². The molecule has 30 heavy (non-hydrogen) atoms. The Kier molecular flexibility index (Phi) is 5.19. The molecule has 0 saturated heterocycles. The standard InChI is InChI=1S/C22H19F4N3O/c1-13-2-4-14(5-3-13)20-27-19-12-29(9-8-17(19)21(30)28-20)11-15-10-16(22(24,25)26)6-7-18(15)23/h2-7,10H,8-9,11-12H2,1H3,(H,27,28,30). The van der Waals surface area contributed by atoms with Gasteiger partial charge >= 0.3 is 6.18 Å². The molecule has 1 aliphatic rings. The van der Waals surface area contributed by atoms with Crippen molar-refractivity contribution in [2.24, 2.45) is 0 Å². The molecule has 1 N–H and O–H groups in total. The molecule has 156 valence electrons. The lowest BCUT2D eigenvalue weighted by Gasteiger charge is -2.28. The number of H-pyrrole nitrogens is 1. The molecule has 0 fully saturated rings. The predicted molar refractivity (Wildman–Crippen MR) is 104 cm³/mol. The summed E-state index contributed by atoms with van der Waals surface area (Å²) in [5, 5.41) is 0. The van der Waals surface area contributed by atoms with Gasteiger partial charge in [-0.05, 0) is 31.5 Å². The first-order chi connectivity index (χ1) is 14.2. The zero-order valence-corrected chi connectivity index (χ0v) is 16.2. The van der Waals surface area contributed by atoms with Crippen molar-refractivity contribution in [3.8, 4) is 11.4 Å². The Morgan fingerprint density at radius 3 is 2.57 bits per heavy atom. The number of halogens is 4. The third-order valence-corrected chi connectivity index (χ3v) is 5.24. The molecule has 0 spiro atoms. The molecular formula is C22H19F4N3O. The maximum Gasteiger partial charge on any atom is 0.416 e. The summed E-state index contributed by atoms with van der Waals surface area (Å²) in [7, 11) is 0. The van der Waals surface area contributed by atoms with Crippen LogP contribution in [0.25, 0.3) is 11.4 Å². The Balaban J connectivity index is 1.61. The van der Waals surface area contributed by atoms with E-state index in [4.69, 9.17) is 0 Å². The molecule has 0 atom stereocenters. The van der Waals surface area contributed by atoms with Crippen molar-refractivity contribution < 1.29 is 17.6 Å². The molecule has 8 heteroatoms. The fraction of sp³-hybridized carbons (Fsp3) is 0.273. The summed E-state index contributed by atoms with van der Waals surface area (Å²) in [5.41, 5.74) is 1.83. The van der Waals surface area contributed by atoms with Gasteiger partial charge in [-0.3, -0.25) is 9.69 Å². The summed E-state index contributed by atoms with van der Waals surface area (Å²) in [5.74, 6) is -0.251. The molecule has 2 aromatic carbocycles. The molecule has 3 aromatic rings. The predicted octanol–water partition coefficient (Wildman–Crippen LogP) is 4.46. The van der Waals surface area contributed by atoms with Crippen molar-refractivity contribution >= 4 is 0 Å². The van der Waals surface area contributed by atoms with Crippen LogP contribution in [-0.4, -0.2) is 21.4 Å². The Labute approximate surface area is 170 Å². The summed E-state index contributed by atoms with van der Waals surface area (Å²) in [6.45, 7) is 2.65. The van der Waals surface area contributed by atoms with Gasteiger partial charge in [-0.1, -0.05) is 29.8 Å². The molecule has 1 aromatic heterocycles. The van der Waals surface area contributed by atoms with Gasteiger partial charge in [0.15, 0.2) is 0 Å². The van der Waals surface area contributed by atoms with Crippen LogP contribution in [0, 0.1) is 12.7 Å². The molecule has 0 unspecified atom stereocenters. The van der Waals surface area contributed by atoms with Crippen LogP contribution in [0.1, 0.15) is 27.9 Å². The third-order valence-electron chi connectivity index (χ3n) is 5.24. The van der Waals surface area contributed by atoms with Crippen molar-refractivity contribution in [2.45, 2.75) is 32.6 Å². The van der Waals surface area contributed by atoms with E-state index in [0.717, 1.165) is 29.3 Å². The second-order valence-corrected chi connectivity index (χ2v) is 7.47. The highest BCUT2D eigenvalue weighted by Crippen LogP contribution is 2.31. The summed E-state index contributed by atoms with van der Waals surface area (Å²) in [6.07, 6.45) is -4.14. The van der Waals surface area contributed by atoms with Gasteiger partial charge in [0, 0.05) is 36.3 Å². The summed E-state index contributed by atoms with van der Waals surface area (Å²) >= 11 is 0. The Hall–Kier alpha value is -3.00. The summed E-state index contributed by atoms with van der Waals surface area (Å²) in [6, 6.07) is 9.97. The van der Waals surface area contributed by atoms with Crippen molar-refractivity contribution in [3.05, 3.63) is 86.6 Å². The van der Waals surface area contributed by atoms with Crippen molar-refractivity contribution in [3.63, 3.8) is 0 Å². The molecule has 4 nitrogen and oxygen atoms in total. The Morgan fingerprint density at radius 2 is 1.87 bits per heavy atom. The van der Waals surface area contributed by atoms with Crippen LogP contribution in [0.4, 0.5) is 17.6 Å². The van der Waals surface area contributed by atoms with Gasteiger partial charge in [0.05, 0.1) is 11.3 Å². The number of aromatic nitrogens is 2. The number of nitrogens with one attached hydrogen (secondary N) is 1. The van der Waals surface area contributed by atoms with Crippen molar-refractivity contribution in [1.29, 1.82) is 0 Å². The van der Waals surface area contributed by atoms with Crippen LogP contribution in [-0.2, 0) is 25.7 Å². The second kappa shape index (κ2) is 7.68. The maximum absolute atomic E-state index is 14.1. The number of benzene rings is 2. The number of fused-ring (bicyclic) bond motifs is 1. The van der Waals surface area contributed by atoms with Gasteiger partial charge in [0.1, 0.15) is 11.6 Å². The van der Waals surface area contributed by atoms with Gasteiger partial charge in [-0.2, -0.15) is 13.2 Å². The lowest BCUT2D eigenvalue weighted by molar-refractivity contribution is -0.137. The van der Waals surface area contributed by atoms with Gasteiger partial charge in [-0.15, -0.1) is 0 Å². The van der Waals surface area contributed by atoms with E-state index in [-0.39, 0.29) is 24.2 Å². The van der Waals surface area contributed by atoms with E-state index in [2.05, 4.69) is 9.97 Å². The van der Waals surface area contributed by atoms with Gasteiger partial charge in [0.25, 0.3) is 5.56 Å². The minimum Gasteiger partial charge on any atom is -0.306 e. The Bertz CT molecular complexity index is 1140. The zero-order valence-electron chi connectivity index (χ0n) is 16.2. The summed E-state index contributed by atoms with van der Waals surface area (Å²) < 4.78 is 53.0. The average molecular weight is 417 g/mol. The molecule has 2 heterocycles. The fourth-order valence-corrected chi connectivity index (χ4v) is 3.59. The summed E-state index contributed by atoms with van der Waals surface area (Å²) in [4.78, 5) is 21.7. The van der Waals surface area contributed by atoms with E-state index in [0.29, 0.717) is 30.0 Å². The first-order valence-electron chi connectivity index (χ1n) is 9.48. The highest BCUT2D eigenvalue weighted by atomic mass is 19.4. The van der Waals surface area contributed by atoms with Crippen LogP contribution in [0.2, 0.25) is 0 Å². The van der Waals surface area contributed by atoms with E-state index in [1.54, 1.807) is 4.90 Å². The van der Waals surface area contributed by atoms with Gasteiger partial charge in [-0.25, -0.2) is 9.37 Å². The number of hydrogen-bond donors (Lipinski definition) is 1. The SMILES string of the molecule is Cc1ccc(-c2nc3c(c(=O)[nH]2)CCN(Cc2cc(C(F)(F)F)ccc2F)C3)cc1. The number of nitrogens with zero attached hydrogens (tertiary/aromatic N) is 2. The fourth-order valence-electron chi connectivity index (χ4n) is 3.59. The van der Waals surface area contributed by atoms with E-state index in [9.17, 15) is 22.4 Å². The van der Waals surface area contributed by atoms with Crippen molar-refractivity contribution in [1.82, 2.24) is 14.9 Å². The number of aryl methyl sites for hydroxylation is 1. The molecule has 4 rings (SSSR count). The minimum atomic E-state index is -4.53. The lowest BCUT2D eigenvalue weighted by Crippen LogP contribution is -2.35. The highest BCUT2D eigenvalue weighted by Gasteiger charge is 2.31. The molecule has 0 bridgehead atoms. The van der Waals surface area contributed by atoms with E-state index >= 15 is 0 Å². The minimum absolute atomic E-state index is 0.00351. The number of rotatable bonds is 3. The topological polar surface area (TPSA) is 49.0 Å². The molecular weight excluding hydrogens is 398 g/mol. The second-order valence-electron chi connectivity index (χ2n) is 7.47. The van der Waals surface area contributed by atoms with E-state index in [1.807, 2.05) is 31.2 Å². The third kappa shape index (κ3) is 4.14. The van der Waals surface area contributed by atoms with E-state index in [1.165, 1.54) is 0 Å². The number of hydrogen-bond acceptors (Lipinski definition) is 3. The maximum atomic E-state index is 14.1. The molecule has 0 aliphatic carbocycles. The van der Waals surface area contributed by atoms with Gasteiger partial charge in [0.2, 0.25) is 0 Å². The zero-order chi connectivity index (χ0) is 21.5. The molecule has 0 saturated carbocycles. The Morgan fingerprint density at radius 1 is 1.13 bits per heavy atom. The highest BCUT2D eigenvalue weighted by molar-refractivity contribution is 5.55. The monoisotopic (exact) mass is 417 g/mol. The quantitative estimate of drug-likeness (QED) is 0.640.